The summed E-state index contributed by atoms with van der Waals surface area (Å²) in [4.78, 5) is 0. The fourth-order valence-electron chi connectivity index (χ4n) is 11.9. The highest BCUT2D eigenvalue weighted by atomic mass is 16.3. The Bertz CT molecular complexity index is 3460. The van der Waals surface area contributed by atoms with E-state index in [-0.39, 0.29) is 0 Å². The zero-order chi connectivity index (χ0) is 44.9. The maximum Gasteiger partial charge on any atom is 0.139 e. The second-order valence-electron chi connectivity index (χ2n) is 19.3. The van der Waals surface area contributed by atoms with Crippen LogP contribution in [0.3, 0.4) is 0 Å². The van der Waals surface area contributed by atoms with Crippen LogP contribution in [0.1, 0.15) is 0 Å². The molecule has 0 N–H and O–H groups in total. The second-order valence-corrected chi connectivity index (χ2v) is 19.3. The zero-order valence-electron chi connectivity index (χ0n) is 40.9. The Morgan fingerprint density at radius 2 is 0.548 bits per heavy atom. The molecular weight excluding hydrogens is 726 g/mol. The van der Waals surface area contributed by atoms with Gasteiger partial charge in [0.15, 0.2) is 0 Å². The molecule has 1 aromatic heterocycles. The Balaban J connectivity index is 1.57. The Morgan fingerprint density at radius 3 is 1.00 bits per heavy atom. The number of hydrogen-bond donors (Lipinski definition) is 0. The van der Waals surface area contributed by atoms with Crippen molar-refractivity contribution in [1.82, 2.24) is 0 Å². The van der Waals surface area contributed by atoms with Crippen LogP contribution in [0, 0.1) is 0 Å². The van der Waals surface area contributed by atoms with Crippen LogP contribution in [0.4, 0.5) is 0 Å². The minimum absolute atomic E-state index is 0.934. The van der Waals surface area contributed by atoms with Gasteiger partial charge in [-0.05, 0) is 77.8 Å². The molecule has 0 unspecified atom stereocenters. The van der Waals surface area contributed by atoms with Gasteiger partial charge in [0, 0.05) is 10.8 Å². The molecule has 1 nitrogen and oxygen atoms in total. The first-order chi connectivity index (χ1) is 29.3. The van der Waals surface area contributed by atoms with Crippen molar-refractivity contribution in [3.05, 3.63) is 42.5 Å². The largest absolute Gasteiger partial charge is 0.456 e. The van der Waals surface area contributed by atoms with Crippen LogP contribution in [0.15, 0.2) is 46.9 Å². The maximum absolute atomic E-state index is 6.46. The van der Waals surface area contributed by atoms with Crippen molar-refractivity contribution in [1.29, 1.82) is 0 Å². The summed E-state index contributed by atoms with van der Waals surface area (Å²) in [6.45, 7) is 0. The van der Waals surface area contributed by atoms with E-state index in [1.165, 1.54) is 180 Å². The summed E-state index contributed by atoms with van der Waals surface area (Å²) in [5, 5.41) is 10.9. The van der Waals surface area contributed by atoms with Gasteiger partial charge in [0.1, 0.15) is 160 Å². The van der Waals surface area contributed by atoms with Crippen LogP contribution in [0.5, 0.6) is 0 Å². The van der Waals surface area contributed by atoms with E-state index in [1.807, 2.05) is 0 Å². The topological polar surface area (TPSA) is 13.1 Å². The number of benzene rings is 8. The Hall–Kier alpha value is -4.43. The van der Waals surface area contributed by atoms with E-state index in [4.69, 9.17) is 4.42 Å². The second kappa shape index (κ2) is 14.8. The lowest BCUT2D eigenvalue weighted by molar-refractivity contribution is 0.669. The van der Waals surface area contributed by atoms with E-state index in [2.05, 4.69) is 192 Å². The first kappa shape index (κ1) is 42.9. The molecule has 0 amide bonds. The first-order valence-corrected chi connectivity index (χ1v) is 22.7. The highest BCUT2D eigenvalue weighted by molar-refractivity contribution is 6.75. The number of fused-ring (bicyclic) bond motifs is 6. The summed E-state index contributed by atoms with van der Waals surface area (Å²) < 4.78 is 6.46. The van der Waals surface area contributed by atoms with Gasteiger partial charge in [-0.15, -0.1) is 38.2 Å². The van der Waals surface area contributed by atoms with E-state index in [0.717, 1.165) is 11.2 Å². The van der Waals surface area contributed by atoms with Crippen LogP contribution >= 0.6 is 0 Å². The average molecular weight is 771 g/mol. The van der Waals surface area contributed by atoms with E-state index in [1.54, 1.807) is 0 Å². The van der Waals surface area contributed by atoms with Crippen molar-refractivity contribution in [3.8, 4) is 33.4 Å². The summed E-state index contributed by atoms with van der Waals surface area (Å²) in [6, 6.07) is 15.1. The molecule has 62 heavy (non-hydrogen) atoms. The van der Waals surface area contributed by atoms with Gasteiger partial charge < -0.3 is 4.42 Å². The molecule has 8 aromatic carbocycles. The normalized spacial score (nSPS) is 11.8. The molecule has 0 spiro atoms. The van der Waals surface area contributed by atoms with Crippen molar-refractivity contribution in [2.45, 2.75) is 0 Å². The summed E-state index contributed by atoms with van der Waals surface area (Å²) >= 11 is 0. The summed E-state index contributed by atoms with van der Waals surface area (Å²) in [5.74, 6) is 0. The molecular formula is C42H45B19O. The van der Waals surface area contributed by atoms with Crippen LogP contribution < -0.4 is 104 Å². The zero-order valence-corrected chi connectivity index (χ0v) is 40.9. The summed E-state index contributed by atoms with van der Waals surface area (Å²) in [7, 11) is 45.1. The van der Waals surface area contributed by atoms with Gasteiger partial charge in [-0.25, -0.2) is 0 Å². The maximum atomic E-state index is 6.46. The van der Waals surface area contributed by atoms with Crippen LogP contribution in [-0.2, 0) is 0 Å². The predicted octanol–water partition coefficient (Wildman–Crippen LogP) is -21.0. The third kappa shape index (κ3) is 5.56. The molecule has 0 aliphatic rings. The summed E-state index contributed by atoms with van der Waals surface area (Å²) in [6.07, 6.45) is 0. The third-order valence-electron chi connectivity index (χ3n) is 17.0. The number of para-hydroxylation sites is 1. The SMILES string of the molecule is Bc1c(B)c(-c2cccc3oc4ccccc4c23)c(B)c(B)c1-c1c2c(B)c(B)c(B)c(B)c2c(-c2c(B)c(B)c(B)c3c(B)c(B)c(B)c(B)c23)c2c(B)c(B)c(B)c(B)c12. The number of hydrogen-bond acceptors (Lipinski definition) is 1. The molecule has 0 atom stereocenters. The summed E-state index contributed by atoms with van der Waals surface area (Å²) in [5.41, 5.74) is 36.3. The van der Waals surface area contributed by atoms with Gasteiger partial charge in [0.25, 0.3) is 0 Å². The minimum Gasteiger partial charge on any atom is -0.456 e. The molecule has 1 heterocycles. The van der Waals surface area contributed by atoms with E-state index < -0.39 is 0 Å². The van der Waals surface area contributed by atoms with Gasteiger partial charge in [-0.1, -0.05) is 95.9 Å². The molecule has 0 fully saturated rings. The van der Waals surface area contributed by atoms with Gasteiger partial charge in [0.05, 0.1) is 0 Å². The quantitative estimate of drug-likeness (QED) is 0.129. The highest BCUT2D eigenvalue weighted by Crippen LogP contribution is 2.41. The smallest absolute Gasteiger partial charge is 0.139 e. The highest BCUT2D eigenvalue weighted by Gasteiger charge is 2.30. The Labute approximate surface area is 385 Å². The molecule has 0 aliphatic carbocycles. The molecule has 0 saturated heterocycles. The van der Waals surface area contributed by atoms with Gasteiger partial charge >= 0.3 is 0 Å². The molecule has 0 bridgehead atoms. The molecule has 276 valence electrons. The van der Waals surface area contributed by atoms with Crippen molar-refractivity contribution in [2.24, 2.45) is 0 Å². The van der Waals surface area contributed by atoms with Crippen LogP contribution in [0.25, 0.3) is 87.6 Å². The Morgan fingerprint density at radius 1 is 0.226 bits per heavy atom. The molecule has 0 saturated carbocycles. The number of furan rings is 1. The lowest BCUT2D eigenvalue weighted by Crippen LogP contribution is -2.53. The lowest BCUT2D eigenvalue weighted by Gasteiger charge is -2.32. The Kier molecular flexibility index (Phi) is 10.2. The van der Waals surface area contributed by atoms with Gasteiger partial charge in [-0.3, -0.25) is 0 Å². The molecule has 0 radical (unpaired) electrons. The fraction of sp³-hybridized carbons (Fsp3) is 0. The van der Waals surface area contributed by atoms with Crippen molar-refractivity contribution < 1.29 is 4.42 Å². The van der Waals surface area contributed by atoms with Gasteiger partial charge in [0.2, 0.25) is 0 Å². The fourth-order valence-corrected chi connectivity index (χ4v) is 11.9. The minimum atomic E-state index is 0.934. The van der Waals surface area contributed by atoms with Crippen LogP contribution in [0.2, 0.25) is 0 Å². The van der Waals surface area contributed by atoms with Crippen molar-refractivity contribution in [2.75, 3.05) is 0 Å². The molecule has 0 aliphatic heterocycles. The predicted molar refractivity (Wildman–Crippen MR) is 338 cm³/mol. The van der Waals surface area contributed by atoms with E-state index in [0.29, 0.717) is 0 Å². The van der Waals surface area contributed by atoms with Crippen molar-refractivity contribution in [3.63, 3.8) is 0 Å². The van der Waals surface area contributed by atoms with Crippen molar-refractivity contribution >= 4 is 307 Å². The van der Waals surface area contributed by atoms with Gasteiger partial charge in [-0.2, -0.15) is 0 Å². The van der Waals surface area contributed by atoms with E-state index >= 15 is 0 Å². The average Bonchev–Trinajstić information content (AvgIpc) is 3.65. The first-order valence-electron chi connectivity index (χ1n) is 22.7. The molecule has 20 heteroatoms. The van der Waals surface area contributed by atoms with Crippen LogP contribution in [-0.4, -0.2) is 149 Å². The molecule has 9 rings (SSSR count). The third-order valence-corrected chi connectivity index (χ3v) is 17.0. The monoisotopic (exact) mass is 775 g/mol. The lowest BCUT2D eigenvalue weighted by atomic mass is 9.55. The molecule has 9 aromatic rings. The number of rotatable bonds is 3. The standard InChI is InChI=1S/C42H45B19O/c43-24-13(9-5-3-7-11-12(9)8-4-1-2-6-10(8)62-11)25(44)33(52)22(32(24)51)15-19-16(27(46)37(56)39(58)29(19)48)14(17-20(15)30(49)40(59)38(57)28(17)47)18-21-23(34(53)36(55)26(18)45)35(54)42(61)41(60)31(21)50/h1-7H,43-61H2. The van der Waals surface area contributed by atoms with E-state index in [9.17, 15) is 0 Å².